The van der Waals surface area contributed by atoms with Gasteiger partial charge in [-0.25, -0.2) is 15.0 Å². The van der Waals surface area contributed by atoms with Crippen molar-refractivity contribution >= 4 is 17.2 Å². The third kappa shape index (κ3) is 3.84. The molecule has 2 atom stereocenters. The molecule has 0 bridgehead atoms. The lowest BCUT2D eigenvalue weighted by molar-refractivity contribution is 0.166. The second-order valence-electron chi connectivity index (χ2n) is 5.96. The van der Waals surface area contributed by atoms with Crippen LogP contribution >= 0.6 is 11.3 Å². The van der Waals surface area contributed by atoms with E-state index in [4.69, 9.17) is 5.26 Å². The lowest BCUT2D eigenvalue weighted by Crippen LogP contribution is -2.44. The standard InChI is InChI=1S/C16H20N6S/c1-11-9-22(10-13-8-20-12(2)23-13)6-3-14(11)21-16-15(7-17)18-4-5-19-16/h4-5,8,11,14H,3,6,9-10H2,1-2H3,(H,19,21)/t11-,14-/m0/s1. The highest BCUT2D eigenvalue weighted by Gasteiger charge is 2.27. The monoisotopic (exact) mass is 328 g/mol. The minimum absolute atomic E-state index is 0.318. The fraction of sp³-hybridized carbons (Fsp3) is 0.500. The van der Waals surface area contributed by atoms with Gasteiger partial charge in [-0.1, -0.05) is 6.92 Å². The summed E-state index contributed by atoms with van der Waals surface area (Å²) in [5.41, 5.74) is 0.363. The number of rotatable bonds is 4. The average Bonchev–Trinajstić information content (AvgIpc) is 2.95. The summed E-state index contributed by atoms with van der Waals surface area (Å²) in [6.45, 7) is 7.31. The number of anilines is 1. The minimum Gasteiger partial charge on any atom is -0.365 e. The molecule has 6 nitrogen and oxygen atoms in total. The van der Waals surface area contributed by atoms with Crippen molar-refractivity contribution in [3.05, 3.63) is 34.2 Å². The Morgan fingerprint density at radius 1 is 1.39 bits per heavy atom. The number of nitriles is 1. The number of hydrogen-bond acceptors (Lipinski definition) is 7. The molecule has 0 amide bonds. The molecule has 1 N–H and O–H groups in total. The van der Waals surface area contributed by atoms with Gasteiger partial charge in [0.25, 0.3) is 0 Å². The number of likely N-dealkylation sites (tertiary alicyclic amines) is 1. The predicted molar refractivity (Wildman–Crippen MR) is 90.1 cm³/mol. The first-order valence-corrected chi connectivity index (χ1v) is 8.58. The van der Waals surface area contributed by atoms with E-state index in [-0.39, 0.29) is 0 Å². The van der Waals surface area contributed by atoms with Crippen LogP contribution in [0.15, 0.2) is 18.6 Å². The van der Waals surface area contributed by atoms with E-state index >= 15 is 0 Å². The maximum Gasteiger partial charge on any atom is 0.182 e. The van der Waals surface area contributed by atoms with E-state index in [0.717, 1.165) is 31.1 Å². The molecule has 0 saturated carbocycles. The quantitative estimate of drug-likeness (QED) is 0.929. The second kappa shape index (κ2) is 7.02. The Morgan fingerprint density at radius 2 is 2.22 bits per heavy atom. The van der Waals surface area contributed by atoms with Gasteiger partial charge in [-0.2, -0.15) is 5.26 Å². The van der Waals surface area contributed by atoms with E-state index in [1.165, 1.54) is 4.88 Å². The van der Waals surface area contributed by atoms with E-state index in [9.17, 15) is 0 Å². The van der Waals surface area contributed by atoms with Crippen LogP contribution in [0.4, 0.5) is 5.82 Å². The van der Waals surface area contributed by atoms with Gasteiger partial charge in [-0.15, -0.1) is 11.3 Å². The molecular weight excluding hydrogens is 308 g/mol. The van der Waals surface area contributed by atoms with Gasteiger partial charge < -0.3 is 5.32 Å². The van der Waals surface area contributed by atoms with Crippen LogP contribution in [-0.4, -0.2) is 39.0 Å². The lowest BCUT2D eigenvalue weighted by atomic mass is 9.93. The number of thiazole rings is 1. The Hall–Kier alpha value is -2.04. The van der Waals surface area contributed by atoms with Gasteiger partial charge in [0, 0.05) is 49.1 Å². The van der Waals surface area contributed by atoms with Crippen LogP contribution in [0.5, 0.6) is 0 Å². The predicted octanol–water partition coefficient (Wildman–Crippen LogP) is 2.44. The zero-order valence-corrected chi connectivity index (χ0v) is 14.2. The molecule has 1 saturated heterocycles. The average molecular weight is 328 g/mol. The molecule has 0 spiro atoms. The molecule has 2 aromatic rings. The summed E-state index contributed by atoms with van der Waals surface area (Å²) >= 11 is 1.77. The fourth-order valence-corrected chi connectivity index (χ4v) is 3.83. The van der Waals surface area contributed by atoms with Crippen molar-refractivity contribution < 1.29 is 0 Å². The highest BCUT2D eigenvalue weighted by atomic mass is 32.1. The van der Waals surface area contributed by atoms with Crippen LogP contribution in [0.2, 0.25) is 0 Å². The second-order valence-corrected chi connectivity index (χ2v) is 7.28. The Labute approximate surface area is 140 Å². The van der Waals surface area contributed by atoms with Crippen LogP contribution in [0.1, 0.15) is 28.9 Å². The SMILES string of the molecule is Cc1ncc(CN2CC[C@H](Nc3nccnc3C#N)[C@@H](C)C2)s1. The molecule has 0 aliphatic carbocycles. The Morgan fingerprint density at radius 3 is 2.91 bits per heavy atom. The van der Waals surface area contributed by atoms with Crippen LogP contribution in [0.3, 0.4) is 0 Å². The molecule has 1 fully saturated rings. The van der Waals surface area contributed by atoms with Gasteiger partial charge >= 0.3 is 0 Å². The first kappa shape index (κ1) is 15.8. The van der Waals surface area contributed by atoms with E-state index in [1.807, 2.05) is 13.1 Å². The summed E-state index contributed by atoms with van der Waals surface area (Å²) in [5, 5.41) is 13.6. The maximum absolute atomic E-state index is 9.12. The van der Waals surface area contributed by atoms with Crippen molar-refractivity contribution in [2.24, 2.45) is 5.92 Å². The van der Waals surface area contributed by atoms with Crippen LogP contribution < -0.4 is 5.32 Å². The normalized spacial score (nSPS) is 21.8. The number of aryl methyl sites for hydroxylation is 1. The smallest absolute Gasteiger partial charge is 0.182 e. The first-order valence-electron chi connectivity index (χ1n) is 7.77. The molecule has 3 rings (SSSR count). The summed E-state index contributed by atoms with van der Waals surface area (Å²) in [6.07, 6.45) is 6.18. The molecule has 3 heterocycles. The zero-order chi connectivity index (χ0) is 16.2. The third-order valence-electron chi connectivity index (χ3n) is 4.16. The van der Waals surface area contributed by atoms with Crippen molar-refractivity contribution in [2.75, 3.05) is 18.4 Å². The summed E-state index contributed by atoms with van der Waals surface area (Å²) < 4.78 is 0. The molecule has 1 aliphatic rings. The molecule has 120 valence electrons. The topological polar surface area (TPSA) is 77.7 Å². The number of nitrogens with zero attached hydrogens (tertiary/aromatic N) is 5. The maximum atomic E-state index is 9.12. The molecule has 0 radical (unpaired) electrons. The molecule has 0 unspecified atom stereocenters. The summed E-state index contributed by atoms with van der Waals surface area (Å²) in [5.74, 6) is 1.07. The van der Waals surface area contributed by atoms with Gasteiger partial charge in [0.15, 0.2) is 11.5 Å². The molecule has 1 aliphatic heterocycles. The lowest BCUT2D eigenvalue weighted by Gasteiger charge is -2.37. The largest absolute Gasteiger partial charge is 0.365 e. The number of piperidine rings is 1. The van der Waals surface area contributed by atoms with Crippen LogP contribution in [-0.2, 0) is 6.54 Å². The molecule has 7 heteroatoms. The van der Waals surface area contributed by atoms with Crippen molar-refractivity contribution in [1.82, 2.24) is 19.9 Å². The minimum atomic E-state index is 0.318. The van der Waals surface area contributed by atoms with Crippen molar-refractivity contribution in [3.8, 4) is 6.07 Å². The van der Waals surface area contributed by atoms with E-state index in [2.05, 4.69) is 38.2 Å². The zero-order valence-electron chi connectivity index (χ0n) is 13.4. The van der Waals surface area contributed by atoms with Gasteiger partial charge in [0.1, 0.15) is 6.07 Å². The number of nitrogens with one attached hydrogen (secondary N) is 1. The Balaban J connectivity index is 1.59. The molecule has 2 aromatic heterocycles. The van der Waals surface area contributed by atoms with Gasteiger partial charge in [0.05, 0.1) is 5.01 Å². The van der Waals surface area contributed by atoms with Gasteiger partial charge in [0.2, 0.25) is 0 Å². The molecule has 23 heavy (non-hydrogen) atoms. The summed E-state index contributed by atoms with van der Waals surface area (Å²) in [4.78, 5) is 16.4. The van der Waals surface area contributed by atoms with Gasteiger partial charge in [-0.3, -0.25) is 4.90 Å². The van der Waals surface area contributed by atoms with Crippen LogP contribution in [0, 0.1) is 24.2 Å². The summed E-state index contributed by atoms with van der Waals surface area (Å²) in [7, 11) is 0. The number of aromatic nitrogens is 3. The van der Waals surface area contributed by atoms with E-state index in [1.54, 1.807) is 23.7 Å². The highest BCUT2D eigenvalue weighted by Crippen LogP contribution is 2.23. The van der Waals surface area contributed by atoms with Crippen molar-refractivity contribution in [3.63, 3.8) is 0 Å². The van der Waals surface area contributed by atoms with Crippen molar-refractivity contribution in [1.29, 1.82) is 5.26 Å². The first-order chi connectivity index (χ1) is 11.2. The van der Waals surface area contributed by atoms with E-state index < -0.39 is 0 Å². The van der Waals surface area contributed by atoms with Gasteiger partial charge in [-0.05, 0) is 19.3 Å². The van der Waals surface area contributed by atoms with E-state index in [0.29, 0.717) is 23.5 Å². The van der Waals surface area contributed by atoms with Crippen molar-refractivity contribution in [2.45, 2.75) is 32.9 Å². The Kier molecular flexibility index (Phi) is 4.84. The van der Waals surface area contributed by atoms with Crippen LogP contribution in [0.25, 0.3) is 0 Å². The molecule has 0 aromatic carbocycles. The molecular formula is C16H20N6S. The summed E-state index contributed by atoms with van der Waals surface area (Å²) in [6, 6.07) is 2.41. The fourth-order valence-electron chi connectivity index (χ4n) is 2.99. The number of hydrogen-bond donors (Lipinski definition) is 1. The Bertz CT molecular complexity index is 707. The third-order valence-corrected chi connectivity index (χ3v) is 5.06. The highest BCUT2D eigenvalue weighted by molar-refractivity contribution is 7.11.